The van der Waals surface area contributed by atoms with Crippen LogP contribution in [-0.2, 0) is 0 Å². The number of likely N-dealkylation sites (N-methyl/N-ethyl adjacent to an activating group) is 1. The number of aliphatic imine (C=N–C) groups is 1. The van der Waals surface area contributed by atoms with Crippen molar-refractivity contribution in [3.63, 3.8) is 0 Å². The van der Waals surface area contributed by atoms with Gasteiger partial charge in [-0.15, -0.1) is 0 Å². The molecule has 0 saturated heterocycles. The average molecular weight is 210 g/mol. The Bertz CT molecular complexity index is 301. The van der Waals surface area contributed by atoms with Crippen LogP contribution >= 0.6 is 0 Å². The van der Waals surface area contributed by atoms with Gasteiger partial charge in [-0.2, -0.15) is 0 Å². The van der Waals surface area contributed by atoms with Gasteiger partial charge in [-0.1, -0.05) is 13.8 Å². The van der Waals surface area contributed by atoms with Gasteiger partial charge >= 0.3 is 0 Å². The molecule has 0 aliphatic carbocycles. The monoisotopic (exact) mass is 210 g/mol. The first kappa shape index (κ1) is 13.6. The van der Waals surface area contributed by atoms with E-state index in [2.05, 4.69) is 11.7 Å². The Balaban J connectivity index is 0.000000921. The van der Waals surface area contributed by atoms with E-state index in [1.54, 1.807) is 17.9 Å². The lowest BCUT2D eigenvalue weighted by Crippen LogP contribution is -2.19. The second kappa shape index (κ2) is 6.98. The fourth-order valence-corrected chi connectivity index (χ4v) is 1.18. The van der Waals surface area contributed by atoms with Gasteiger partial charge in [0.1, 0.15) is 0 Å². The summed E-state index contributed by atoms with van der Waals surface area (Å²) in [6.45, 7) is 11.7. The summed E-state index contributed by atoms with van der Waals surface area (Å²) in [5.74, 6) is -0.225. The van der Waals surface area contributed by atoms with Crippen LogP contribution in [0.15, 0.2) is 40.6 Å². The molecule has 0 atom stereocenters. The van der Waals surface area contributed by atoms with Crippen LogP contribution in [0.5, 0.6) is 0 Å². The highest BCUT2D eigenvalue weighted by atomic mass is 19.1. The summed E-state index contributed by atoms with van der Waals surface area (Å²) in [5, 5.41) is 0. The maximum Gasteiger partial charge on any atom is 0.151 e. The number of halogens is 1. The normalized spacial score (nSPS) is 17.7. The Morgan fingerprint density at radius 2 is 2.13 bits per heavy atom. The number of rotatable bonds is 2. The van der Waals surface area contributed by atoms with Gasteiger partial charge in [-0.3, -0.25) is 4.99 Å². The maximum atomic E-state index is 13.5. The van der Waals surface area contributed by atoms with Crippen LogP contribution in [-0.4, -0.2) is 18.2 Å². The molecule has 0 aromatic carbocycles. The Morgan fingerprint density at radius 1 is 1.53 bits per heavy atom. The molecule has 0 N–H and O–H groups in total. The molecule has 0 spiro atoms. The summed E-state index contributed by atoms with van der Waals surface area (Å²) in [7, 11) is 0. The Hall–Kier alpha value is -1.38. The lowest BCUT2D eigenvalue weighted by Gasteiger charge is -2.24. The predicted molar refractivity (Wildman–Crippen MR) is 64.3 cm³/mol. The largest absolute Gasteiger partial charge is 0.345 e. The third-order valence-corrected chi connectivity index (χ3v) is 1.94. The predicted octanol–water partition coefficient (Wildman–Crippen LogP) is 3.65. The molecule has 0 aromatic rings. The van der Waals surface area contributed by atoms with Crippen LogP contribution in [0.25, 0.3) is 0 Å². The summed E-state index contributed by atoms with van der Waals surface area (Å²) in [5.41, 5.74) is 1.11. The minimum atomic E-state index is -0.225. The molecular weight excluding hydrogens is 191 g/mol. The van der Waals surface area contributed by atoms with Crippen molar-refractivity contribution in [2.45, 2.75) is 27.7 Å². The van der Waals surface area contributed by atoms with Gasteiger partial charge in [0, 0.05) is 12.7 Å². The summed E-state index contributed by atoms with van der Waals surface area (Å²) in [6.07, 6.45) is 5.03. The van der Waals surface area contributed by atoms with Crippen LogP contribution < -0.4 is 0 Å². The maximum absolute atomic E-state index is 13.5. The van der Waals surface area contributed by atoms with Crippen molar-refractivity contribution in [1.29, 1.82) is 0 Å². The van der Waals surface area contributed by atoms with Crippen molar-refractivity contribution < 1.29 is 4.39 Å². The number of hydrogen-bond donors (Lipinski definition) is 0. The van der Waals surface area contributed by atoms with E-state index < -0.39 is 0 Å². The Labute approximate surface area is 91.5 Å². The molecule has 2 nitrogen and oxygen atoms in total. The molecule has 1 aliphatic rings. The summed E-state index contributed by atoms with van der Waals surface area (Å²) >= 11 is 0. The summed E-state index contributed by atoms with van der Waals surface area (Å²) < 4.78 is 13.5. The van der Waals surface area contributed by atoms with E-state index in [9.17, 15) is 4.39 Å². The Kier molecular flexibility index (Phi) is 6.34. The van der Waals surface area contributed by atoms with Gasteiger partial charge < -0.3 is 4.90 Å². The van der Waals surface area contributed by atoms with Gasteiger partial charge in [0.05, 0.1) is 11.9 Å². The van der Waals surface area contributed by atoms with E-state index >= 15 is 0 Å². The topological polar surface area (TPSA) is 15.6 Å². The lowest BCUT2D eigenvalue weighted by atomic mass is 10.1. The van der Waals surface area contributed by atoms with E-state index in [0.717, 1.165) is 6.54 Å². The zero-order valence-electron chi connectivity index (χ0n) is 9.92. The van der Waals surface area contributed by atoms with Crippen LogP contribution in [0, 0.1) is 0 Å². The minimum Gasteiger partial charge on any atom is -0.345 e. The van der Waals surface area contributed by atoms with Crippen LogP contribution in [0.1, 0.15) is 27.7 Å². The molecule has 3 heteroatoms. The molecule has 15 heavy (non-hydrogen) atoms. The van der Waals surface area contributed by atoms with Crippen LogP contribution in [0.4, 0.5) is 4.39 Å². The van der Waals surface area contributed by atoms with E-state index in [1.165, 1.54) is 6.20 Å². The van der Waals surface area contributed by atoms with Gasteiger partial charge in [0.2, 0.25) is 0 Å². The Morgan fingerprint density at radius 3 is 2.60 bits per heavy atom. The highest BCUT2D eigenvalue weighted by Gasteiger charge is 2.16. The van der Waals surface area contributed by atoms with E-state index in [-0.39, 0.29) is 5.83 Å². The van der Waals surface area contributed by atoms with Crippen molar-refractivity contribution in [2.24, 2.45) is 4.99 Å². The first-order valence-corrected chi connectivity index (χ1v) is 5.18. The number of allylic oxidation sites excluding steroid dienone is 3. The molecule has 0 unspecified atom stereocenters. The van der Waals surface area contributed by atoms with Gasteiger partial charge in [0.25, 0.3) is 0 Å². The molecule has 1 rings (SSSR count). The molecule has 84 valence electrons. The van der Waals surface area contributed by atoms with Crippen molar-refractivity contribution in [1.82, 2.24) is 4.90 Å². The minimum absolute atomic E-state index is 0.225. The van der Waals surface area contributed by atoms with Crippen molar-refractivity contribution >= 4 is 6.72 Å². The van der Waals surface area contributed by atoms with Crippen molar-refractivity contribution in [3.05, 3.63) is 35.6 Å². The number of nitrogens with zero attached hydrogens (tertiary/aromatic N) is 2. The number of hydrogen-bond acceptors (Lipinski definition) is 2. The lowest BCUT2D eigenvalue weighted by molar-refractivity contribution is 0.450. The van der Waals surface area contributed by atoms with E-state index in [1.807, 2.05) is 27.0 Å². The fourth-order valence-electron chi connectivity index (χ4n) is 1.18. The molecule has 0 radical (unpaired) electrons. The SMILES string of the molecule is C=N/C=C1/C(F)=C(C)C=CN1CC.CC. The standard InChI is InChI=1S/C10H13FN2.C2H6/c1-4-13-6-5-8(2)10(11)9(13)7-12-3;1-2/h5-7H,3-4H2,1-2H3;1-2H3/b9-7-;. The summed E-state index contributed by atoms with van der Waals surface area (Å²) in [6, 6.07) is 0. The highest BCUT2D eigenvalue weighted by Crippen LogP contribution is 2.25. The quantitative estimate of drug-likeness (QED) is 0.635. The zero-order valence-corrected chi connectivity index (χ0v) is 9.92. The molecule has 0 fully saturated rings. The van der Waals surface area contributed by atoms with Gasteiger partial charge in [-0.25, -0.2) is 4.39 Å². The van der Waals surface area contributed by atoms with Crippen LogP contribution in [0.3, 0.4) is 0 Å². The molecule has 1 heterocycles. The second-order valence-electron chi connectivity index (χ2n) is 2.80. The molecule has 0 aromatic heterocycles. The molecule has 1 aliphatic heterocycles. The third-order valence-electron chi connectivity index (χ3n) is 1.94. The van der Waals surface area contributed by atoms with Gasteiger partial charge in [-0.05, 0) is 32.2 Å². The van der Waals surface area contributed by atoms with Crippen LogP contribution in [0.2, 0.25) is 0 Å². The molecular formula is C12H19FN2. The van der Waals surface area contributed by atoms with E-state index in [0.29, 0.717) is 11.3 Å². The zero-order chi connectivity index (χ0) is 11.8. The summed E-state index contributed by atoms with van der Waals surface area (Å²) in [4.78, 5) is 5.37. The molecule has 0 saturated carbocycles. The van der Waals surface area contributed by atoms with E-state index in [4.69, 9.17) is 0 Å². The first-order valence-electron chi connectivity index (χ1n) is 5.18. The average Bonchev–Trinajstić information content (AvgIpc) is 2.28. The molecule has 0 amide bonds. The van der Waals surface area contributed by atoms with Crippen molar-refractivity contribution in [3.8, 4) is 0 Å². The fraction of sp³-hybridized carbons (Fsp3) is 0.417. The molecule has 0 bridgehead atoms. The third kappa shape index (κ3) is 3.35. The van der Waals surface area contributed by atoms with Crippen molar-refractivity contribution in [2.75, 3.05) is 6.54 Å². The smallest absolute Gasteiger partial charge is 0.151 e. The highest BCUT2D eigenvalue weighted by molar-refractivity contribution is 5.40. The first-order chi connectivity index (χ1) is 7.20. The second-order valence-corrected chi connectivity index (χ2v) is 2.80. The van der Waals surface area contributed by atoms with Gasteiger partial charge in [0.15, 0.2) is 5.83 Å².